The SMILES string of the molecule is CC(F)C(F)(F)c1ccccc1S(=O)(=O)O. The molecule has 0 aromatic heterocycles. The van der Waals surface area contributed by atoms with Gasteiger partial charge in [0.15, 0.2) is 6.17 Å². The molecule has 0 radical (unpaired) electrons. The summed E-state index contributed by atoms with van der Waals surface area (Å²) in [6.07, 6.45) is -2.56. The van der Waals surface area contributed by atoms with E-state index in [2.05, 4.69) is 0 Å². The fraction of sp³-hybridized carbons (Fsp3) is 0.333. The minimum atomic E-state index is -4.80. The quantitative estimate of drug-likeness (QED) is 0.842. The average molecular weight is 254 g/mol. The summed E-state index contributed by atoms with van der Waals surface area (Å²) in [6.45, 7) is 0.612. The number of benzene rings is 1. The summed E-state index contributed by atoms with van der Waals surface area (Å²) in [6, 6.07) is 3.85. The van der Waals surface area contributed by atoms with Gasteiger partial charge in [-0.25, -0.2) is 4.39 Å². The zero-order valence-electron chi connectivity index (χ0n) is 8.19. The van der Waals surface area contributed by atoms with E-state index in [1.54, 1.807) is 0 Å². The van der Waals surface area contributed by atoms with Crippen molar-refractivity contribution < 1.29 is 26.1 Å². The third kappa shape index (κ3) is 2.35. The van der Waals surface area contributed by atoms with E-state index in [0.29, 0.717) is 6.92 Å². The summed E-state index contributed by atoms with van der Waals surface area (Å²) < 4.78 is 69.7. The van der Waals surface area contributed by atoms with Crippen molar-refractivity contribution in [3.8, 4) is 0 Å². The number of alkyl halides is 3. The van der Waals surface area contributed by atoms with Gasteiger partial charge < -0.3 is 0 Å². The van der Waals surface area contributed by atoms with E-state index < -0.39 is 32.7 Å². The van der Waals surface area contributed by atoms with Crippen LogP contribution in [0.5, 0.6) is 0 Å². The summed E-state index contributed by atoms with van der Waals surface area (Å²) in [7, 11) is -4.80. The molecule has 1 rings (SSSR count). The van der Waals surface area contributed by atoms with Gasteiger partial charge in [0.25, 0.3) is 10.1 Å². The predicted molar refractivity (Wildman–Crippen MR) is 50.7 cm³/mol. The highest BCUT2D eigenvalue weighted by atomic mass is 32.2. The van der Waals surface area contributed by atoms with Crippen LogP contribution in [0.25, 0.3) is 0 Å². The molecule has 3 nitrogen and oxygen atoms in total. The maximum absolute atomic E-state index is 13.3. The molecule has 7 heteroatoms. The molecule has 0 aliphatic heterocycles. The molecule has 0 heterocycles. The first kappa shape index (κ1) is 13.0. The first-order chi connectivity index (χ1) is 7.17. The van der Waals surface area contributed by atoms with Crippen molar-refractivity contribution in [2.45, 2.75) is 23.9 Å². The minimum absolute atomic E-state index is 0.612. The number of rotatable bonds is 3. The van der Waals surface area contributed by atoms with Crippen LogP contribution in [0.2, 0.25) is 0 Å². The molecule has 1 atom stereocenters. The first-order valence-corrected chi connectivity index (χ1v) is 5.70. The van der Waals surface area contributed by atoms with Crippen molar-refractivity contribution in [2.75, 3.05) is 0 Å². The average Bonchev–Trinajstić information content (AvgIpc) is 2.16. The molecule has 0 aliphatic rings. The Morgan fingerprint density at radius 3 is 2.25 bits per heavy atom. The second-order valence-electron chi connectivity index (χ2n) is 3.21. The van der Waals surface area contributed by atoms with Crippen molar-refractivity contribution in [1.82, 2.24) is 0 Å². The van der Waals surface area contributed by atoms with Crippen molar-refractivity contribution >= 4 is 10.1 Å². The second-order valence-corrected chi connectivity index (χ2v) is 4.60. The van der Waals surface area contributed by atoms with Crippen LogP contribution in [0.3, 0.4) is 0 Å². The van der Waals surface area contributed by atoms with Crippen LogP contribution in [-0.4, -0.2) is 19.1 Å². The van der Waals surface area contributed by atoms with Crippen LogP contribution >= 0.6 is 0 Å². The molecule has 90 valence electrons. The van der Waals surface area contributed by atoms with E-state index in [4.69, 9.17) is 4.55 Å². The summed E-state index contributed by atoms with van der Waals surface area (Å²) >= 11 is 0. The van der Waals surface area contributed by atoms with Crippen molar-refractivity contribution in [2.24, 2.45) is 0 Å². The van der Waals surface area contributed by atoms with Crippen LogP contribution in [0, 0.1) is 0 Å². The minimum Gasteiger partial charge on any atom is -0.282 e. The van der Waals surface area contributed by atoms with Crippen LogP contribution in [-0.2, 0) is 16.0 Å². The zero-order chi connectivity index (χ0) is 12.6. The third-order valence-electron chi connectivity index (χ3n) is 2.02. The Balaban J connectivity index is 3.47. The van der Waals surface area contributed by atoms with Gasteiger partial charge in [-0.15, -0.1) is 0 Å². The van der Waals surface area contributed by atoms with Gasteiger partial charge >= 0.3 is 5.92 Å². The predicted octanol–water partition coefficient (Wildman–Crippen LogP) is 2.38. The Bertz CT molecular complexity index is 483. The molecule has 1 N–H and O–H groups in total. The smallest absolute Gasteiger partial charge is 0.282 e. The first-order valence-electron chi connectivity index (χ1n) is 4.26. The summed E-state index contributed by atoms with van der Waals surface area (Å²) in [5.41, 5.74) is -1.05. The summed E-state index contributed by atoms with van der Waals surface area (Å²) in [5.74, 6) is -3.97. The van der Waals surface area contributed by atoms with Gasteiger partial charge in [-0.2, -0.15) is 17.2 Å². The number of halogens is 3. The summed E-state index contributed by atoms with van der Waals surface area (Å²) in [4.78, 5) is -0.982. The van der Waals surface area contributed by atoms with E-state index in [-0.39, 0.29) is 0 Å². The van der Waals surface area contributed by atoms with Gasteiger partial charge in [0, 0.05) is 5.56 Å². The highest BCUT2D eigenvalue weighted by molar-refractivity contribution is 7.85. The van der Waals surface area contributed by atoms with E-state index in [0.717, 1.165) is 24.3 Å². The molecule has 0 spiro atoms. The third-order valence-corrected chi connectivity index (χ3v) is 2.94. The molecule has 1 aromatic rings. The molecular weight excluding hydrogens is 245 g/mol. The van der Waals surface area contributed by atoms with E-state index in [1.165, 1.54) is 0 Å². The lowest BCUT2D eigenvalue weighted by atomic mass is 10.1. The number of hydrogen-bond acceptors (Lipinski definition) is 2. The Labute approximate surface area is 90.7 Å². The maximum Gasteiger partial charge on any atom is 0.304 e. The van der Waals surface area contributed by atoms with Crippen LogP contribution < -0.4 is 0 Å². The maximum atomic E-state index is 13.3. The van der Waals surface area contributed by atoms with Gasteiger partial charge in [0.2, 0.25) is 0 Å². The highest BCUT2D eigenvalue weighted by Gasteiger charge is 2.42. The standard InChI is InChI=1S/C9H9F3O3S/c1-6(10)9(11,12)7-4-2-3-5-8(7)16(13,14)15/h2-6H,1H3,(H,13,14,15). The van der Waals surface area contributed by atoms with Crippen molar-refractivity contribution in [3.63, 3.8) is 0 Å². The molecule has 16 heavy (non-hydrogen) atoms. The number of hydrogen-bond donors (Lipinski definition) is 1. The van der Waals surface area contributed by atoms with Crippen LogP contribution in [0.15, 0.2) is 29.2 Å². The zero-order valence-corrected chi connectivity index (χ0v) is 9.01. The lowest BCUT2D eigenvalue weighted by Crippen LogP contribution is -2.26. The highest BCUT2D eigenvalue weighted by Crippen LogP contribution is 2.37. The monoisotopic (exact) mass is 254 g/mol. The Kier molecular flexibility index (Phi) is 3.30. The Morgan fingerprint density at radius 1 is 1.31 bits per heavy atom. The second kappa shape index (κ2) is 4.06. The van der Waals surface area contributed by atoms with E-state index in [9.17, 15) is 21.6 Å². The molecule has 1 aromatic carbocycles. The fourth-order valence-electron chi connectivity index (χ4n) is 1.18. The van der Waals surface area contributed by atoms with Gasteiger partial charge in [-0.05, 0) is 13.0 Å². The fourth-order valence-corrected chi connectivity index (χ4v) is 1.91. The molecule has 0 aliphatic carbocycles. The molecule has 0 saturated heterocycles. The molecule has 0 amide bonds. The van der Waals surface area contributed by atoms with Crippen LogP contribution in [0.1, 0.15) is 12.5 Å². The largest absolute Gasteiger partial charge is 0.304 e. The Hall–Kier alpha value is -1.08. The molecular formula is C9H9F3O3S. The lowest BCUT2D eigenvalue weighted by molar-refractivity contribution is -0.0736. The molecule has 0 saturated carbocycles. The Morgan fingerprint density at radius 2 is 1.81 bits per heavy atom. The lowest BCUT2D eigenvalue weighted by Gasteiger charge is -2.19. The van der Waals surface area contributed by atoms with Crippen molar-refractivity contribution in [3.05, 3.63) is 29.8 Å². The normalized spacial score (nSPS) is 14.8. The summed E-state index contributed by atoms with van der Waals surface area (Å²) in [5, 5.41) is 0. The van der Waals surface area contributed by atoms with Gasteiger partial charge in [0.05, 0.1) is 0 Å². The molecule has 0 bridgehead atoms. The van der Waals surface area contributed by atoms with E-state index in [1.807, 2.05) is 0 Å². The van der Waals surface area contributed by atoms with Gasteiger partial charge in [0.1, 0.15) is 4.90 Å². The van der Waals surface area contributed by atoms with Crippen LogP contribution in [0.4, 0.5) is 13.2 Å². The molecule has 0 fully saturated rings. The van der Waals surface area contributed by atoms with E-state index >= 15 is 0 Å². The van der Waals surface area contributed by atoms with Gasteiger partial charge in [-0.3, -0.25) is 4.55 Å². The van der Waals surface area contributed by atoms with Gasteiger partial charge in [-0.1, -0.05) is 18.2 Å². The van der Waals surface area contributed by atoms with Crippen molar-refractivity contribution in [1.29, 1.82) is 0 Å². The molecule has 1 unspecified atom stereocenters. The topological polar surface area (TPSA) is 54.4 Å².